The van der Waals surface area contributed by atoms with Gasteiger partial charge in [-0.15, -0.1) is 0 Å². The molecular weight excluding hydrogens is 274 g/mol. The van der Waals surface area contributed by atoms with Crippen LogP contribution in [0.2, 0.25) is 5.02 Å². The predicted octanol–water partition coefficient (Wildman–Crippen LogP) is 2.54. The molecule has 5 heteroatoms. The van der Waals surface area contributed by atoms with Crippen LogP contribution in [0.1, 0.15) is 33.3 Å². The first-order valence-electron chi connectivity index (χ1n) is 6.88. The number of nitrogens with zero attached hydrogens (tertiary/aromatic N) is 1. The molecule has 0 spiro atoms. The number of carbonyl (C=O) groups excluding carboxylic acids is 1. The molecule has 0 saturated heterocycles. The highest BCUT2D eigenvalue weighted by Crippen LogP contribution is 2.25. The van der Waals surface area contributed by atoms with E-state index in [0.29, 0.717) is 11.1 Å². The number of nitrogens with two attached hydrogens (primary N) is 1. The van der Waals surface area contributed by atoms with Crippen LogP contribution < -0.4 is 16.0 Å². The van der Waals surface area contributed by atoms with Gasteiger partial charge in [0.15, 0.2) is 0 Å². The molecule has 0 fully saturated rings. The number of benzene rings is 1. The van der Waals surface area contributed by atoms with E-state index in [0.717, 1.165) is 17.8 Å². The molecule has 4 nitrogen and oxygen atoms in total. The van der Waals surface area contributed by atoms with Crippen LogP contribution in [-0.4, -0.2) is 24.5 Å². The summed E-state index contributed by atoms with van der Waals surface area (Å²) in [6, 6.07) is 6.45. The summed E-state index contributed by atoms with van der Waals surface area (Å²) in [6.45, 7) is 9.15. The molecule has 0 saturated carbocycles. The molecule has 0 atom stereocenters. The zero-order valence-corrected chi connectivity index (χ0v) is 13.4. The zero-order chi connectivity index (χ0) is 15.3. The van der Waals surface area contributed by atoms with Gasteiger partial charge in [0, 0.05) is 29.3 Å². The maximum atomic E-state index is 11.2. The van der Waals surface area contributed by atoms with E-state index in [9.17, 15) is 4.79 Å². The number of halogens is 1. The van der Waals surface area contributed by atoms with Gasteiger partial charge in [-0.05, 0) is 31.5 Å². The van der Waals surface area contributed by atoms with Gasteiger partial charge in [-0.1, -0.05) is 31.5 Å². The van der Waals surface area contributed by atoms with Crippen LogP contribution in [0.5, 0.6) is 0 Å². The summed E-state index contributed by atoms with van der Waals surface area (Å²) < 4.78 is 0. The van der Waals surface area contributed by atoms with Crippen molar-refractivity contribution >= 4 is 23.2 Å². The summed E-state index contributed by atoms with van der Waals surface area (Å²) in [5.74, 6) is -0.347. The Bertz CT molecular complexity index is 460. The molecule has 0 radical (unpaired) electrons. The highest BCUT2D eigenvalue weighted by Gasteiger charge is 2.14. The quantitative estimate of drug-likeness (QED) is 0.813. The van der Waals surface area contributed by atoms with Crippen molar-refractivity contribution in [3.05, 3.63) is 28.8 Å². The van der Waals surface area contributed by atoms with Crippen molar-refractivity contribution < 1.29 is 4.79 Å². The lowest BCUT2D eigenvalue weighted by molar-refractivity contribution is -0.116. The average Bonchev–Trinajstić information content (AvgIpc) is 2.33. The summed E-state index contributed by atoms with van der Waals surface area (Å²) in [5, 5.41) is 4.03. The van der Waals surface area contributed by atoms with Crippen molar-refractivity contribution in [3.8, 4) is 0 Å². The van der Waals surface area contributed by atoms with Gasteiger partial charge >= 0.3 is 0 Å². The Morgan fingerprint density at radius 3 is 2.45 bits per heavy atom. The van der Waals surface area contributed by atoms with Crippen molar-refractivity contribution in [2.45, 2.75) is 46.3 Å². The van der Waals surface area contributed by atoms with E-state index in [1.165, 1.54) is 0 Å². The Hall–Kier alpha value is -1.26. The fourth-order valence-electron chi connectivity index (χ4n) is 1.91. The van der Waals surface area contributed by atoms with Gasteiger partial charge in [-0.25, -0.2) is 0 Å². The highest BCUT2D eigenvalue weighted by atomic mass is 35.5. The number of primary amides is 1. The second kappa shape index (κ2) is 7.50. The number of hydrogen-bond donors (Lipinski definition) is 2. The lowest BCUT2D eigenvalue weighted by Gasteiger charge is -2.28. The molecule has 0 unspecified atom stereocenters. The molecule has 0 aliphatic carbocycles. The Morgan fingerprint density at radius 2 is 2.00 bits per heavy atom. The molecule has 20 heavy (non-hydrogen) atoms. The van der Waals surface area contributed by atoms with Crippen LogP contribution in [0.3, 0.4) is 0 Å². The van der Waals surface area contributed by atoms with Crippen molar-refractivity contribution in [1.82, 2.24) is 5.32 Å². The lowest BCUT2D eigenvalue weighted by atomic mass is 10.1. The number of amides is 1. The summed E-state index contributed by atoms with van der Waals surface area (Å²) >= 11 is 6.32. The van der Waals surface area contributed by atoms with Gasteiger partial charge in [0.2, 0.25) is 5.91 Å². The van der Waals surface area contributed by atoms with Crippen LogP contribution in [0.25, 0.3) is 0 Å². The average molecular weight is 298 g/mol. The first-order valence-corrected chi connectivity index (χ1v) is 7.25. The van der Waals surface area contributed by atoms with Gasteiger partial charge in [0.05, 0.1) is 6.54 Å². The van der Waals surface area contributed by atoms with Crippen LogP contribution >= 0.6 is 11.6 Å². The molecule has 3 N–H and O–H groups in total. The number of rotatable bonds is 7. The van der Waals surface area contributed by atoms with E-state index in [2.05, 4.69) is 19.2 Å². The van der Waals surface area contributed by atoms with Gasteiger partial charge in [0.25, 0.3) is 0 Å². The van der Waals surface area contributed by atoms with E-state index in [1.807, 2.05) is 36.9 Å². The zero-order valence-electron chi connectivity index (χ0n) is 12.6. The molecule has 0 heterocycles. The highest BCUT2D eigenvalue weighted by molar-refractivity contribution is 6.31. The van der Waals surface area contributed by atoms with E-state index in [4.69, 9.17) is 17.3 Å². The molecule has 112 valence electrons. The Morgan fingerprint density at radius 1 is 1.35 bits per heavy atom. The number of anilines is 1. The summed E-state index contributed by atoms with van der Waals surface area (Å²) in [5.41, 5.74) is 7.26. The fraction of sp³-hybridized carbons (Fsp3) is 0.533. The van der Waals surface area contributed by atoms with Gasteiger partial charge in [-0.3, -0.25) is 4.79 Å². The topological polar surface area (TPSA) is 58.4 Å². The molecule has 1 rings (SSSR count). The predicted molar refractivity (Wildman–Crippen MR) is 85.1 cm³/mol. The number of nitrogens with one attached hydrogen (secondary N) is 1. The molecule has 1 aromatic rings. The molecule has 0 aliphatic heterocycles. The maximum Gasteiger partial charge on any atom is 0.236 e. The van der Waals surface area contributed by atoms with Crippen LogP contribution in [0.15, 0.2) is 18.2 Å². The Kier molecular flexibility index (Phi) is 6.30. The van der Waals surface area contributed by atoms with Crippen molar-refractivity contribution in [3.63, 3.8) is 0 Å². The van der Waals surface area contributed by atoms with Crippen molar-refractivity contribution in [2.24, 2.45) is 5.73 Å². The van der Waals surface area contributed by atoms with Crippen LogP contribution in [0.4, 0.5) is 5.69 Å². The van der Waals surface area contributed by atoms with E-state index in [-0.39, 0.29) is 18.5 Å². The largest absolute Gasteiger partial charge is 0.368 e. The minimum Gasteiger partial charge on any atom is -0.368 e. The lowest BCUT2D eigenvalue weighted by Crippen LogP contribution is -2.38. The molecular formula is C15H24ClN3O. The smallest absolute Gasteiger partial charge is 0.236 e. The van der Waals surface area contributed by atoms with Gasteiger partial charge in [-0.2, -0.15) is 0 Å². The van der Waals surface area contributed by atoms with E-state index in [1.54, 1.807) is 0 Å². The normalized spacial score (nSPS) is 11.2. The van der Waals surface area contributed by atoms with E-state index < -0.39 is 0 Å². The Balaban J connectivity index is 2.91. The second-order valence-corrected chi connectivity index (χ2v) is 5.91. The van der Waals surface area contributed by atoms with Crippen LogP contribution in [0, 0.1) is 0 Å². The van der Waals surface area contributed by atoms with Gasteiger partial charge < -0.3 is 16.0 Å². The molecule has 0 aliphatic rings. The SMILES string of the molecule is CC(C)NCc1ccc(N(CC(N)=O)C(C)C)cc1Cl. The molecule has 0 bridgehead atoms. The summed E-state index contributed by atoms with van der Waals surface area (Å²) in [7, 11) is 0. The molecule has 1 aromatic carbocycles. The molecule has 1 amide bonds. The maximum absolute atomic E-state index is 11.2. The number of carbonyl (C=O) groups is 1. The third-order valence-electron chi connectivity index (χ3n) is 3.02. The summed E-state index contributed by atoms with van der Waals surface area (Å²) in [6.07, 6.45) is 0. The Labute approximate surface area is 126 Å². The van der Waals surface area contributed by atoms with E-state index >= 15 is 0 Å². The van der Waals surface area contributed by atoms with Crippen LogP contribution in [-0.2, 0) is 11.3 Å². The van der Waals surface area contributed by atoms with Crippen molar-refractivity contribution in [2.75, 3.05) is 11.4 Å². The molecule has 0 aromatic heterocycles. The monoisotopic (exact) mass is 297 g/mol. The standard InChI is InChI=1S/C15H24ClN3O/c1-10(2)18-8-12-5-6-13(7-14(12)16)19(11(3)4)9-15(17)20/h5-7,10-11,18H,8-9H2,1-4H3,(H2,17,20). The number of hydrogen-bond acceptors (Lipinski definition) is 3. The summed E-state index contributed by atoms with van der Waals surface area (Å²) in [4.78, 5) is 13.1. The first kappa shape index (κ1) is 16.8. The third kappa shape index (κ3) is 5.02. The first-order chi connectivity index (χ1) is 9.31. The minimum atomic E-state index is -0.347. The third-order valence-corrected chi connectivity index (χ3v) is 3.37. The minimum absolute atomic E-state index is 0.179. The van der Waals surface area contributed by atoms with Gasteiger partial charge in [0.1, 0.15) is 0 Å². The second-order valence-electron chi connectivity index (χ2n) is 5.50. The fourth-order valence-corrected chi connectivity index (χ4v) is 2.15. The van der Waals surface area contributed by atoms with Crippen molar-refractivity contribution in [1.29, 1.82) is 0 Å².